The number of rotatable bonds is 5. The van der Waals surface area contributed by atoms with Gasteiger partial charge in [-0.05, 0) is 49.2 Å². The Hall–Kier alpha value is -3.26. The number of anilines is 2. The third-order valence-electron chi connectivity index (χ3n) is 3.55. The SMILES string of the molecule is COc1ccc(NC(=O)/C(C#N)=C\Nc2c(C)cccc2C)cc1. The van der Waals surface area contributed by atoms with Gasteiger partial charge in [-0.25, -0.2) is 0 Å². The van der Waals surface area contributed by atoms with Gasteiger partial charge in [0.25, 0.3) is 5.91 Å². The Labute approximate surface area is 141 Å². The summed E-state index contributed by atoms with van der Waals surface area (Å²) in [5.74, 6) is 0.224. The lowest BCUT2D eigenvalue weighted by Gasteiger charge is -2.10. The van der Waals surface area contributed by atoms with Crippen LogP contribution in [0.5, 0.6) is 5.75 Å². The van der Waals surface area contributed by atoms with E-state index in [-0.39, 0.29) is 5.57 Å². The van der Waals surface area contributed by atoms with Crippen LogP contribution in [0.15, 0.2) is 54.2 Å². The zero-order valence-corrected chi connectivity index (χ0v) is 13.9. The normalized spacial score (nSPS) is 10.7. The van der Waals surface area contributed by atoms with E-state index < -0.39 is 5.91 Å². The summed E-state index contributed by atoms with van der Waals surface area (Å²) in [7, 11) is 1.57. The molecular weight excluding hydrogens is 302 g/mol. The largest absolute Gasteiger partial charge is 0.497 e. The number of aryl methyl sites for hydroxylation is 2. The van der Waals surface area contributed by atoms with E-state index in [1.54, 1.807) is 31.4 Å². The molecular formula is C19H19N3O2. The number of benzene rings is 2. The molecule has 0 spiro atoms. The second-order valence-corrected chi connectivity index (χ2v) is 5.26. The standard InChI is InChI=1S/C19H19N3O2/c1-13-5-4-6-14(2)18(13)21-12-15(11-20)19(23)22-16-7-9-17(24-3)10-8-16/h4-10,12,21H,1-3H3,(H,22,23)/b15-12-. The molecule has 0 heterocycles. The lowest BCUT2D eigenvalue weighted by molar-refractivity contribution is -0.112. The molecule has 0 aromatic heterocycles. The molecule has 5 nitrogen and oxygen atoms in total. The summed E-state index contributed by atoms with van der Waals surface area (Å²) in [6.07, 6.45) is 1.42. The quantitative estimate of drug-likeness (QED) is 0.649. The van der Waals surface area contributed by atoms with Crippen LogP contribution in [-0.2, 0) is 4.79 Å². The zero-order chi connectivity index (χ0) is 17.5. The second-order valence-electron chi connectivity index (χ2n) is 5.26. The molecule has 1 amide bonds. The number of hydrogen-bond donors (Lipinski definition) is 2. The van der Waals surface area contributed by atoms with Crippen LogP contribution < -0.4 is 15.4 Å². The molecule has 2 aromatic rings. The monoisotopic (exact) mass is 321 g/mol. The maximum absolute atomic E-state index is 12.2. The molecule has 0 aliphatic rings. The summed E-state index contributed by atoms with van der Waals surface area (Å²) in [6, 6.07) is 14.7. The van der Waals surface area contributed by atoms with Gasteiger partial charge < -0.3 is 15.4 Å². The number of carbonyl (C=O) groups is 1. The molecule has 2 rings (SSSR count). The minimum atomic E-state index is -0.471. The number of carbonyl (C=O) groups excluding carboxylic acids is 1. The minimum absolute atomic E-state index is 0.00605. The molecule has 0 radical (unpaired) electrons. The second kappa shape index (κ2) is 7.84. The van der Waals surface area contributed by atoms with E-state index in [1.165, 1.54) is 6.20 Å². The Bertz CT molecular complexity index is 782. The van der Waals surface area contributed by atoms with E-state index in [4.69, 9.17) is 4.74 Å². The van der Waals surface area contributed by atoms with Crippen LogP contribution in [0.1, 0.15) is 11.1 Å². The molecule has 24 heavy (non-hydrogen) atoms. The summed E-state index contributed by atoms with van der Waals surface area (Å²) in [5, 5.41) is 15.0. The molecule has 2 N–H and O–H groups in total. The maximum Gasteiger partial charge on any atom is 0.267 e. The van der Waals surface area contributed by atoms with Crippen LogP contribution in [0.4, 0.5) is 11.4 Å². The number of methoxy groups -OCH3 is 1. The first-order valence-corrected chi connectivity index (χ1v) is 7.43. The van der Waals surface area contributed by atoms with Crippen molar-refractivity contribution in [3.63, 3.8) is 0 Å². The number of amides is 1. The molecule has 0 saturated carbocycles. The lowest BCUT2D eigenvalue weighted by Crippen LogP contribution is -2.14. The Kier molecular flexibility index (Phi) is 5.58. The smallest absolute Gasteiger partial charge is 0.267 e. The van der Waals surface area contributed by atoms with E-state index in [0.29, 0.717) is 11.4 Å². The van der Waals surface area contributed by atoms with Gasteiger partial charge in [-0.2, -0.15) is 5.26 Å². The van der Waals surface area contributed by atoms with Crippen LogP contribution in [0.3, 0.4) is 0 Å². The van der Waals surface area contributed by atoms with Crippen molar-refractivity contribution in [3.05, 3.63) is 65.4 Å². The summed E-state index contributed by atoms with van der Waals surface area (Å²) in [5.41, 5.74) is 3.56. The average molecular weight is 321 g/mol. The summed E-state index contributed by atoms with van der Waals surface area (Å²) in [6.45, 7) is 3.93. The van der Waals surface area contributed by atoms with Crippen LogP contribution >= 0.6 is 0 Å². The van der Waals surface area contributed by atoms with Gasteiger partial charge in [0.2, 0.25) is 0 Å². The molecule has 0 aliphatic carbocycles. The highest BCUT2D eigenvalue weighted by atomic mass is 16.5. The Morgan fingerprint density at radius 3 is 2.29 bits per heavy atom. The van der Waals surface area contributed by atoms with Crippen molar-refractivity contribution in [1.82, 2.24) is 0 Å². The molecule has 0 aliphatic heterocycles. The fourth-order valence-electron chi connectivity index (χ4n) is 2.21. The molecule has 0 atom stereocenters. The highest BCUT2D eigenvalue weighted by Gasteiger charge is 2.10. The average Bonchev–Trinajstić information content (AvgIpc) is 2.58. The molecule has 0 bridgehead atoms. The molecule has 122 valence electrons. The van der Waals surface area contributed by atoms with Crippen LogP contribution in [-0.4, -0.2) is 13.0 Å². The first-order chi connectivity index (χ1) is 11.5. The molecule has 0 saturated heterocycles. The first kappa shape index (κ1) is 17.1. The predicted molar refractivity (Wildman–Crippen MR) is 94.9 cm³/mol. The van der Waals surface area contributed by atoms with Gasteiger partial charge in [-0.1, -0.05) is 18.2 Å². The van der Waals surface area contributed by atoms with Gasteiger partial charge in [-0.3, -0.25) is 4.79 Å². The fourth-order valence-corrected chi connectivity index (χ4v) is 2.21. The van der Waals surface area contributed by atoms with E-state index in [1.807, 2.05) is 38.1 Å². The Balaban J connectivity index is 2.12. The molecule has 5 heteroatoms. The Morgan fingerprint density at radius 1 is 1.12 bits per heavy atom. The highest BCUT2D eigenvalue weighted by molar-refractivity contribution is 6.06. The number of nitrogens with zero attached hydrogens (tertiary/aromatic N) is 1. The van der Waals surface area contributed by atoms with Crippen molar-refractivity contribution in [2.45, 2.75) is 13.8 Å². The maximum atomic E-state index is 12.2. The number of ether oxygens (including phenoxy) is 1. The van der Waals surface area contributed by atoms with Crippen molar-refractivity contribution in [2.24, 2.45) is 0 Å². The van der Waals surface area contributed by atoms with Gasteiger partial charge in [0.15, 0.2) is 0 Å². The Morgan fingerprint density at radius 2 is 1.75 bits per heavy atom. The fraction of sp³-hybridized carbons (Fsp3) is 0.158. The highest BCUT2D eigenvalue weighted by Crippen LogP contribution is 2.20. The van der Waals surface area contributed by atoms with Crippen LogP contribution in [0.2, 0.25) is 0 Å². The van der Waals surface area contributed by atoms with E-state index in [2.05, 4.69) is 10.6 Å². The number of nitriles is 1. The van der Waals surface area contributed by atoms with Crippen LogP contribution in [0.25, 0.3) is 0 Å². The van der Waals surface area contributed by atoms with E-state index in [9.17, 15) is 10.1 Å². The lowest BCUT2D eigenvalue weighted by atomic mass is 10.1. The van der Waals surface area contributed by atoms with Crippen molar-refractivity contribution in [1.29, 1.82) is 5.26 Å². The third-order valence-corrected chi connectivity index (χ3v) is 3.55. The van der Waals surface area contributed by atoms with Crippen molar-refractivity contribution < 1.29 is 9.53 Å². The van der Waals surface area contributed by atoms with Gasteiger partial charge in [-0.15, -0.1) is 0 Å². The summed E-state index contributed by atoms with van der Waals surface area (Å²) < 4.78 is 5.07. The van der Waals surface area contributed by atoms with Gasteiger partial charge >= 0.3 is 0 Å². The van der Waals surface area contributed by atoms with E-state index >= 15 is 0 Å². The van der Waals surface area contributed by atoms with Gasteiger partial charge in [0.1, 0.15) is 17.4 Å². The van der Waals surface area contributed by atoms with Gasteiger partial charge in [0, 0.05) is 17.6 Å². The van der Waals surface area contributed by atoms with E-state index in [0.717, 1.165) is 16.8 Å². The number of hydrogen-bond acceptors (Lipinski definition) is 4. The van der Waals surface area contributed by atoms with Crippen molar-refractivity contribution in [3.8, 4) is 11.8 Å². The van der Waals surface area contributed by atoms with Crippen molar-refractivity contribution >= 4 is 17.3 Å². The first-order valence-electron chi connectivity index (χ1n) is 7.43. The molecule has 0 fully saturated rings. The minimum Gasteiger partial charge on any atom is -0.497 e. The molecule has 2 aromatic carbocycles. The predicted octanol–water partition coefficient (Wildman–Crippen LogP) is 3.77. The van der Waals surface area contributed by atoms with Crippen molar-refractivity contribution in [2.75, 3.05) is 17.7 Å². The number of nitrogens with one attached hydrogen (secondary N) is 2. The zero-order valence-electron chi connectivity index (χ0n) is 13.9. The summed E-state index contributed by atoms with van der Waals surface area (Å²) >= 11 is 0. The summed E-state index contributed by atoms with van der Waals surface area (Å²) in [4.78, 5) is 12.2. The van der Waals surface area contributed by atoms with Crippen LogP contribution in [0, 0.1) is 25.2 Å². The van der Waals surface area contributed by atoms with Gasteiger partial charge in [0.05, 0.1) is 7.11 Å². The molecule has 0 unspecified atom stereocenters. The third kappa shape index (κ3) is 4.14. The topological polar surface area (TPSA) is 74.1 Å². The number of para-hydroxylation sites is 1.